The van der Waals surface area contributed by atoms with Gasteiger partial charge in [-0.25, -0.2) is 4.79 Å². The van der Waals surface area contributed by atoms with Gasteiger partial charge in [-0.3, -0.25) is 24.1 Å². The Labute approximate surface area is 488 Å². The van der Waals surface area contributed by atoms with Crippen molar-refractivity contribution in [2.75, 3.05) is 66.8 Å². The van der Waals surface area contributed by atoms with Gasteiger partial charge in [-0.15, -0.1) is 0 Å². The lowest BCUT2D eigenvalue weighted by Gasteiger charge is -2.43. The molecule has 4 aliphatic heterocycles. The van der Waals surface area contributed by atoms with E-state index in [1.165, 1.54) is 12.0 Å². The van der Waals surface area contributed by atoms with Crippen LogP contribution in [0.3, 0.4) is 0 Å². The van der Waals surface area contributed by atoms with Crippen molar-refractivity contribution in [1.82, 2.24) is 9.80 Å². The first-order chi connectivity index (χ1) is 39.2. The van der Waals surface area contributed by atoms with E-state index in [-0.39, 0.29) is 73.9 Å². The van der Waals surface area contributed by atoms with Gasteiger partial charge in [0.1, 0.15) is 36.2 Å². The van der Waals surface area contributed by atoms with Gasteiger partial charge in [-0.1, -0.05) is 101 Å². The fourth-order valence-corrected chi connectivity index (χ4v) is 12.5. The maximum Gasteiger partial charge on any atom is 0.329 e. The van der Waals surface area contributed by atoms with Crippen molar-refractivity contribution in [2.24, 2.45) is 35.5 Å². The molecule has 2 bridgehead atoms. The number of methoxy groups -OCH3 is 2. The molecule has 4 heterocycles. The summed E-state index contributed by atoms with van der Waals surface area (Å²) in [6, 6.07) is 7.98. The van der Waals surface area contributed by atoms with Crippen LogP contribution in [0.5, 0.6) is 0 Å². The van der Waals surface area contributed by atoms with Crippen LogP contribution in [0.4, 0.5) is 0 Å². The number of cyclic esters (lactones) is 1. The molecule has 82 heavy (non-hydrogen) atoms. The molecule has 1 amide bonds. The van der Waals surface area contributed by atoms with Gasteiger partial charge in [0, 0.05) is 77.6 Å². The second-order valence-corrected chi connectivity index (χ2v) is 24.3. The summed E-state index contributed by atoms with van der Waals surface area (Å²) in [7, 11) is 3.09. The van der Waals surface area contributed by atoms with Gasteiger partial charge in [0.05, 0.1) is 44.2 Å². The topological polar surface area (TPSA) is 217 Å². The molecule has 2 unspecified atom stereocenters. The maximum atomic E-state index is 14.7. The van der Waals surface area contributed by atoms with E-state index in [1.807, 2.05) is 88.4 Å². The Morgan fingerprint density at radius 3 is 2.28 bits per heavy atom. The highest BCUT2D eigenvalue weighted by molar-refractivity contribution is 6.39. The number of nitrogens with zero attached hydrogens (tertiary/aromatic N) is 2. The molecule has 6 rings (SSSR count). The first-order valence-corrected chi connectivity index (χ1v) is 30.5. The molecule has 458 valence electrons. The Hall–Kier alpha value is -4.27. The number of amides is 1. The highest BCUT2D eigenvalue weighted by atomic mass is 16.6. The summed E-state index contributed by atoms with van der Waals surface area (Å²) in [6.45, 7) is 17.6. The summed E-state index contributed by atoms with van der Waals surface area (Å²) in [5.74, 6) is -8.23. The van der Waals surface area contributed by atoms with Gasteiger partial charge in [-0.2, -0.15) is 0 Å². The molecule has 3 saturated heterocycles. The Balaban J connectivity index is 1.26. The summed E-state index contributed by atoms with van der Waals surface area (Å²) in [6.07, 6.45) is 11.5. The molecule has 17 heteroatoms. The molecule has 0 spiro atoms. The summed E-state index contributed by atoms with van der Waals surface area (Å²) >= 11 is 0. The van der Waals surface area contributed by atoms with E-state index in [0.29, 0.717) is 62.7 Å². The van der Waals surface area contributed by atoms with Gasteiger partial charge in [0.25, 0.3) is 11.7 Å². The van der Waals surface area contributed by atoms with Gasteiger partial charge in [0.15, 0.2) is 5.78 Å². The Morgan fingerprint density at radius 1 is 0.817 bits per heavy atom. The molecular weight excluding hydrogens is 1050 g/mol. The fourth-order valence-electron chi connectivity index (χ4n) is 12.5. The number of piperidine rings is 1. The average Bonchev–Trinajstić information content (AvgIpc) is 3.47. The summed E-state index contributed by atoms with van der Waals surface area (Å²) in [5.41, 5.74) is 1.84. The lowest BCUT2D eigenvalue weighted by molar-refractivity contribution is -0.266. The van der Waals surface area contributed by atoms with Crippen molar-refractivity contribution in [3.8, 4) is 0 Å². The highest BCUT2D eigenvalue weighted by Crippen LogP contribution is 2.38. The van der Waals surface area contributed by atoms with Crippen LogP contribution in [0.1, 0.15) is 144 Å². The molecule has 5 aliphatic rings. The van der Waals surface area contributed by atoms with Gasteiger partial charge in [-0.05, 0) is 119 Å². The summed E-state index contributed by atoms with van der Waals surface area (Å²) < 4.78 is 42.7. The van der Waals surface area contributed by atoms with Crippen LogP contribution in [0.25, 0.3) is 0 Å². The Kier molecular flexibility index (Phi) is 26.8. The van der Waals surface area contributed by atoms with Crippen LogP contribution >= 0.6 is 0 Å². The van der Waals surface area contributed by atoms with Crippen LogP contribution in [0.2, 0.25) is 0 Å². The number of hydrogen-bond acceptors (Lipinski definition) is 16. The number of hydrogen-bond donors (Lipinski definition) is 3. The molecule has 17 nitrogen and oxygen atoms in total. The zero-order valence-corrected chi connectivity index (χ0v) is 50.5. The van der Waals surface area contributed by atoms with E-state index in [9.17, 15) is 39.3 Å². The van der Waals surface area contributed by atoms with Gasteiger partial charge >= 0.3 is 5.97 Å². The van der Waals surface area contributed by atoms with Crippen LogP contribution in [-0.2, 0) is 57.1 Å². The number of carbonyl (C=O) groups is 5. The fraction of sp³-hybridized carbons (Fsp3) is 0.708. The van der Waals surface area contributed by atoms with Crippen molar-refractivity contribution in [1.29, 1.82) is 0 Å². The van der Waals surface area contributed by atoms with Crippen molar-refractivity contribution in [3.63, 3.8) is 0 Å². The van der Waals surface area contributed by atoms with Crippen LogP contribution in [-0.4, -0.2) is 176 Å². The van der Waals surface area contributed by atoms with Crippen molar-refractivity contribution >= 4 is 29.2 Å². The zero-order valence-electron chi connectivity index (χ0n) is 50.5. The monoisotopic (exact) mass is 1150 g/mol. The van der Waals surface area contributed by atoms with Crippen LogP contribution < -0.4 is 0 Å². The van der Waals surface area contributed by atoms with Crippen LogP contribution in [0.15, 0.2) is 77.9 Å². The number of Topliss-reactive ketones (excluding diaryl/α,β-unsaturated/α-hetero) is 3. The number of ketones is 3. The Bertz CT molecular complexity index is 2330. The number of ether oxygens (including phenoxy) is 7. The summed E-state index contributed by atoms with van der Waals surface area (Å²) in [5, 5.41) is 35.1. The third-order valence-electron chi connectivity index (χ3n) is 17.9. The molecule has 1 aromatic carbocycles. The molecule has 16 atom stereocenters. The van der Waals surface area contributed by atoms with Gasteiger partial charge < -0.3 is 53.4 Å². The van der Waals surface area contributed by atoms with E-state index < -0.39 is 83.9 Å². The predicted octanol–water partition coefficient (Wildman–Crippen LogP) is 8.03. The third kappa shape index (κ3) is 18.9. The maximum absolute atomic E-state index is 14.7. The zero-order chi connectivity index (χ0) is 59.5. The Morgan fingerprint density at radius 2 is 1.56 bits per heavy atom. The predicted molar refractivity (Wildman–Crippen MR) is 311 cm³/mol. The minimum atomic E-state index is -2.52. The summed E-state index contributed by atoms with van der Waals surface area (Å²) in [4.78, 5) is 75.9. The smallest absolute Gasteiger partial charge is 0.329 e. The van der Waals surface area contributed by atoms with Crippen molar-refractivity contribution < 1.29 is 72.5 Å². The second-order valence-electron chi connectivity index (χ2n) is 24.3. The number of rotatable bonds is 14. The first-order valence-electron chi connectivity index (χ1n) is 30.5. The molecule has 4 fully saturated rings. The van der Waals surface area contributed by atoms with E-state index >= 15 is 0 Å². The number of morpholine rings is 1. The van der Waals surface area contributed by atoms with Crippen LogP contribution in [0, 0.1) is 35.5 Å². The number of aliphatic hydroxyl groups is 3. The van der Waals surface area contributed by atoms with Crippen molar-refractivity contribution in [3.05, 3.63) is 83.5 Å². The lowest BCUT2D eigenvalue weighted by atomic mass is 9.78. The molecule has 1 aromatic rings. The molecule has 0 radical (unpaired) electrons. The number of allylic oxidation sites excluding steroid dienone is 6. The quantitative estimate of drug-likeness (QED) is 0.0695. The SMILES string of the molecule is CO[C@@H]1C[C@H](C[C@@H](C)[C@@H]2CC(=O)[C@H](C)/C=C(\C)[C@@H](O)[C@@H](OC)C(=O)[C@H](C)C[C@H](C)/C=C/C=C/C=C(\C)C(OC[C@@H](O)c3ccccc3)C[C@@H]3CC[C@@H](C)[C@@](O)(O3)C(=O)C(=O)N3CCCCC3C(=O)O2)CC[C@H]1OCCCN1CCOCC1. The second kappa shape index (κ2) is 32.9. The van der Waals surface area contributed by atoms with Crippen molar-refractivity contribution in [2.45, 2.75) is 193 Å². The molecule has 1 aliphatic carbocycles. The standard InChI is InChI=1S/C65H98N2O15/c1-42-19-12-10-13-20-43(2)56(80-41-54(69)50-21-14-11-15-22-50)39-51-26-24-48(7)65(75,82-51)62(72)63(73)67-29-17-16-23-52(67)64(74)81-57(40-53(68)44(3)36-47(6)60(71)61(77-9)59(70)46(5)35-42)45(4)37-49-25-27-55(58(38-49)76-8)79-32-18-28-66-30-33-78-34-31-66/h10-15,19-22,36,42,44-46,48-49,51-52,54-58,60-61,69,71,75H,16-18,23-35,37-41H2,1-9H3/b13-10+,19-12+,43-20+,47-36+/t42-,44-,45-,46-,48-,49+,51+,52?,54-,55-,56?,57+,58-,60-,61+,65-/m1/s1. The first kappa shape index (κ1) is 66.9. The molecule has 1 saturated carbocycles. The molecular formula is C65H98N2O15. The number of carbonyl (C=O) groups excluding carboxylic acids is 5. The normalized spacial score (nSPS) is 36.2. The average molecular weight is 1150 g/mol. The lowest BCUT2D eigenvalue weighted by Crippen LogP contribution is -2.61. The van der Waals surface area contributed by atoms with E-state index in [4.69, 9.17) is 33.2 Å². The van der Waals surface area contributed by atoms with E-state index in [2.05, 4.69) is 4.90 Å². The largest absolute Gasteiger partial charge is 0.460 e. The molecule has 0 aromatic heterocycles. The van der Waals surface area contributed by atoms with E-state index in [0.717, 1.165) is 57.7 Å². The number of fused-ring (bicyclic) bond motifs is 3. The third-order valence-corrected chi connectivity index (χ3v) is 17.9. The van der Waals surface area contributed by atoms with E-state index in [1.54, 1.807) is 34.0 Å². The number of esters is 1. The minimum Gasteiger partial charge on any atom is -0.460 e. The minimum absolute atomic E-state index is 0.0279. The van der Waals surface area contributed by atoms with Gasteiger partial charge in [0.2, 0.25) is 5.79 Å². The molecule has 3 N–H and O–H groups in total. The highest BCUT2D eigenvalue weighted by Gasteiger charge is 2.53. The number of aliphatic hydroxyl groups excluding tert-OH is 2. The number of benzene rings is 1.